The maximum Gasteiger partial charge on any atom is 0.419 e. The molecule has 0 bridgehead atoms. The molecule has 0 aliphatic carbocycles. The Morgan fingerprint density at radius 1 is 1.28 bits per heavy atom. The van der Waals surface area contributed by atoms with E-state index in [2.05, 4.69) is 9.97 Å². The molecule has 158 valence electrons. The van der Waals surface area contributed by atoms with Crippen LogP contribution >= 0.6 is 11.6 Å². The molecule has 1 heterocycles. The number of hydrogen-bond acceptors (Lipinski definition) is 5. The number of rotatable bonds is 7. The molecule has 1 amide bonds. The van der Waals surface area contributed by atoms with E-state index in [0.29, 0.717) is 6.42 Å². The summed E-state index contributed by atoms with van der Waals surface area (Å²) in [5.41, 5.74) is 3.37. The number of benzene rings is 1. The van der Waals surface area contributed by atoms with Gasteiger partial charge in [-0.15, -0.1) is 0 Å². The van der Waals surface area contributed by atoms with Crippen LogP contribution in [0.15, 0.2) is 30.5 Å². The maximum absolute atomic E-state index is 13.6. The molecule has 0 radical (unpaired) electrons. The average molecular weight is 432 g/mol. The molecule has 29 heavy (non-hydrogen) atoms. The quantitative estimate of drug-likeness (QED) is 0.616. The normalized spacial score (nSPS) is 13.8. The third kappa shape index (κ3) is 6.49. The van der Waals surface area contributed by atoms with Gasteiger partial charge in [0.25, 0.3) is 0 Å². The molecule has 0 fully saturated rings. The van der Waals surface area contributed by atoms with Gasteiger partial charge in [0, 0.05) is 11.8 Å². The molecular weight excluding hydrogens is 411 g/mol. The van der Waals surface area contributed by atoms with Gasteiger partial charge in [-0.05, 0) is 55.1 Å². The van der Waals surface area contributed by atoms with E-state index in [0.717, 1.165) is 6.07 Å². The van der Waals surface area contributed by atoms with E-state index in [-0.39, 0.29) is 29.1 Å². The van der Waals surface area contributed by atoms with Gasteiger partial charge in [-0.3, -0.25) is 0 Å². The monoisotopic (exact) mass is 431 g/mol. The Morgan fingerprint density at radius 2 is 1.97 bits per heavy atom. The van der Waals surface area contributed by atoms with Crippen LogP contribution in [0, 0.1) is 5.92 Å². The lowest BCUT2D eigenvalue weighted by molar-refractivity contribution is -0.139. The second kappa shape index (κ2) is 8.86. The van der Waals surface area contributed by atoms with E-state index in [1.165, 1.54) is 24.4 Å². The van der Waals surface area contributed by atoms with Gasteiger partial charge in [0.2, 0.25) is 5.28 Å². The Labute approximate surface area is 171 Å². The van der Waals surface area contributed by atoms with E-state index in [1.807, 2.05) is 13.8 Å². The molecule has 10 heteroatoms. The lowest BCUT2D eigenvalue weighted by Gasteiger charge is -2.30. The first kappa shape index (κ1) is 22.7. The van der Waals surface area contributed by atoms with Crippen molar-refractivity contribution in [3.05, 3.63) is 41.3 Å². The summed E-state index contributed by atoms with van der Waals surface area (Å²) in [7, 11) is 0. The van der Waals surface area contributed by atoms with Gasteiger partial charge in [0.05, 0.1) is 11.3 Å². The third-order valence-corrected chi connectivity index (χ3v) is 4.11. The minimum absolute atomic E-state index is 0.0792. The largest absolute Gasteiger partial charge is 0.489 e. The van der Waals surface area contributed by atoms with E-state index in [4.69, 9.17) is 26.8 Å². The molecule has 1 aromatic heterocycles. The van der Waals surface area contributed by atoms with Crippen molar-refractivity contribution in [1.82, 2.24) is 9.97 Å². The highest BCUT2D eigenvalue weighted by Crippen LogP contribution is 2.39. The fourth-order valence-corrected chi connectivity index (χ4v) is 3.15. The molecule has 1 aromatic carbocycles. The number of carbonyl (C=O) groups is 1. The van der Waals surface area contributed by atoms with Gasteiger partial charge in [0.15, 0.2) is 0 Å². The van der Waals surface area contributed by atoms with Gasteiger partial charge in [-0.2, -0.15) is 13.2 Å². The number of aromatic nitrogens is 2. The number of amides is 1. The zero-order chi connectivity index (χ0) is 21.8. The van der Waals surface area contributed by atoms with Crippen LogP contribution in [0.5, 0.6) is 5.75 Å². The van der Waals surface area contributed by atoms with E-state index >= 15 is 0 Å². The lowest BCUT2D eigenvalue weighted by atomic mass is 9.95. The molecule has 0 aliphatic heterocycles. The van der Waals surface area contributed by atoms with E-state index < -0.39 is 29.2 Å². The number of hydrogen-bond donors (Lipinski definition) is 1. The van der Waals surface area contributed by atoms with Gasteiger partial charge in [-0.25, -0.2) is 14.8 Å². The molecule has 6 nitrogen and oxygen atoms in total. The van der Waals surface area contributed by atoms with Crippen LogP contribution in [0.2, 0.25) is 5.28 Å². The molecular formula is C19H21ClF3N3O3. The van der Waals surface area contributed by atoms with Crippen molar-refractivity contribution >= 4 is 17.7 Å². The highest BCUT2D eigenvalue weighted by atomic mass is 35.5. The zero-order valence-electron chi connectivity index (χ0n) is 16.1. The van der Waals surface area contributed by atoms with Crippen molar-refractivity contribution < 1.29 is 27.4 Å². The molecule has 0 aliphatic rings. The topological polar surface area (TPSA) is 87.3 Å². The summed E-state index contributed by atoms with van der Waals surface area (Å²) in [5, 5.41) is -0.0792. The summed E-state index contributed by atoms with van der Waals surface area (Å²) in [6.45, 7) is 5.02. The van der Waals surface area contributed by atoms with Crippen molar-refractivity contribution in [2.45, 2.75) is 39.0 Å². The smallest absolute Gasteiger partial charge is 0.419 e. The van der Waals surface area contributed by atoms with Crippen LogP contribution in [0.3, 0.4) is 0 Å². The molecule has 2 rings (SSSR count). The molecule has 0 saturated heterocycles. The van der Waals surface area contributed by atoms with E-state index in [9.17, 15) is 18.0 Å². The Bertz CT molecular complexity index is 877. The first-order valence-electron chi connectivity index (χ1n) is 8.71. The Morgan fingerprint density at radius 3 is 2.52 bits per heavy atom. The molecule has 0 saturated carbocycles. The van der Waals surface area contributed by atoms with Gasteiger partial charge >= 0.3 is 12.3 Å². The van der Waals surface area contributed by atoms with Crippen molar-refractivity contribution in [2.24, 2.45) is 11.7 Å². The Balaban J connectivity index is 2.35. The summed E-state index contributed by atoms with van der Waals surface area (Å²) >= 11 is 5.72. The first-order chi connectivity index (χ1) is 13.4. The fraction of sp³-hybridized carbons (Fsp3) is 0.421. The SMILES string of the molecule is CC(C)CC(C)(COc1ccc(-c2ccnc(Cl)n2)cc1C(F)(F)F)OC(N)=O. The van der Waals surface area contributed by atoms with Crippen molar-refractivity contribution in [3.8, 4) is 17.0 Å². The minimum Gasteiger partial charge on any atom is -0.489 e. The zero-order valence-corrected chi connectivity index (χ0v) is 16.8. The second-order valence-corrected chi connectivity index (χ2v) is 7.52. The lowest BCUT2D eigenvalue weighted by Crippen LogP contribution is -2.41. The Hall–Kier alpha value is -2.55. The summed E-state index contributed by atoms with van der Waals surface area (Å²) in [6, 6.07) is 4.98. The standard InChI is InChI=1S/C19H21ClF3N3O3/c1-11(2)9-18(3,29-17(24)27)10-28-15-5-4-12(8-13(15)19(21,22)23)14-6-7-25-16(20)26-14/h4-8,11H,9-10H2,1-3H3,(H2,24,27). The second-order valence-electron chi connectivity index (χ2n) is 7.18. The van der Waals surface area contributed by atoms with Gasteiger partial charge in [-0.1, -0.05) is 13.8 Å². The average Bonchev–Trinajstić information content (AvgIpc) is 2.57. The molecule has 0 spiro atoms. The Kier molecular flexibility index (Phi) is 6.94. The summed E-state index contributed by atoms with van der Waals surface area (Å²) in [6.07, 6.45) is -4.00. The number of carbonyl (C=O) groups excluding carboxylic acids is 1. The van der Waals surface area contributed by atoms with Crippen LogP contribution in [0.1, 0.15) is 32.8 Å². The number of primary amides is 1. The molecule has 2 N–H and O–H groups in total. The molecule has 1 atom stereocenters. The van der Waals surface area contributed by atoms with Crippen LogP contribution in [-0.2, 0) is 10.9 Å². The van der Waals surface area contributed by atoms with Crippen LogP contribution in [-0.4, -0.2) is 28.3 Å². The first-order valence-corrected chi connectivity index (χ1v) is 9.09. The van der Waals surface area contributed by atoms with Crippen LogP contribution in [0.25, 0.3) is 11.3 Å². The van der Waals surface area contributed by atoms with Crippen LogP contribution in [0.4, 0.5) is 18.0 Å². The number of nitrogens with zero attached hydrogens (tertiary/aromatic N) is 2. The third-order valence-electron chi connectivity index (χ3n) is 3.93. The predicted molar refractivity (Wildman–Crippen MR) is 102 cm³/mol. The van der Waals surface area contributed by atoms with Crippen LogP contribution < -0.4 is 10.5 Å². The minimum atomic E-state index is -4.68. The van der Waals surface area contributed by atoms with Gasteiger partial charge < -0.3 is 15.2 Å². The number of nitrogens with two attached hydrogens (primary N) is 1. The fourth-order valence-electron chi connectivity index (χ4n) is 3.00. The number of halogens is 4. The summed E-state index contributed by atoms with van der Waals surface area (Å²) in [5.74, 6) is -0.306. The molecule has 1 unspecified atom stereocenters. The highest BCUT2D eigenvalue weighted by molar-refractivity contribution is 6.28. The summed E-state index contributed by atoms with van der Waals surface area (Å²) in [4.78, 5) is 18.8. The number of ether oxygens (including phenoxy) is 2. The van der Waals surface area contributed by atoms with Gasteiger partial charge in [0.1, 0.15) is 18.0 Å². The number of alkyl halides is 3. The van der Waals surface area contributed by atoms with Crippen molar-refractivity contribution in [3.63, 3.8) is 0 Å². The van der Waals surface area contributed by atoms with E-state index in [1.54, 1.807) is 6.92 Å². The molecule has 2 aromatic rings. The van der Waals surface area contributed by atoms with Crippen molar-refractivity contribution in [2.75, 3.05) is 6.61 Å². The predicted octanol–water partition coefficient (Wildman–Crippen LogP) is 5.09. The summed E-state index contributed by atoms with van der Waals surface area (Å²) < 4.78 is 51.4. The van der Waals surface area contributed by atoms with Crippen molar-refractivity contribution in [1.29, 1.82) is 0 Å². The maximum atomic E-state index is 13.6. The highest BCUT2D eigenvalue weighted by Gasteiger charge is 2.36.